The third-order valence-electron chi connectivity index (χ3n) is 19.6. The summed E-state index contributed by atoms with van der Waals surface area (Å²) in [6, 6.07) is 29.4. The minimum absolute atomic E-state index is 0.0163. The zero-order chi connectivity index (χ0) is 90.6. The molecule has 20 nitrogen and oxygen atoms in total. The van der Waals surface area contributed by atoms with Gasteiger partial charge in [0.25, 0.3) is 5.91 Å². The highest BCUT2D eigenvalue weighted by molar-refractivity contribution is 6.08. The third-order valence-corrected chi connectivity index (χ3v) is 19.6. The number of amides is 4. The predicted molar refractivity (Wildman–Crippen MR) is 392 cm³/mol. The number of rotatable bonds is 18. The fraction of sp³-hybridized carbons (Fsp3) is 0.476. The summed E-state index contributed by atoms with van der Waals surface area (Å²) in [5, 5.41) is 26.5. The molecule has 38 heteroatoms. The van der Waals surface area contributed by atoms with E-state index in [0.717, 1.165) is 11.1 Å². The number of carboxylic acids is 2. The Morgan fingerprint density at radius 2 is 0.675 bits per heavy atom. The maximum atomic E-state index is 13.3. The lowest BCUT2D eigenvalue weighted by Gasteiger charge is -2.54. The summed E-state index contributed by atoms with van der Waals surface area (Å²) < 4.78 is 274. The highest BCUT2D eigenvalue weighted by atomic mass is 19.4. The first-order chi connectivity index (χ1) is 54.7. The molecule has 1 aliphatic heterocycles. The Bertz CT molecular complexity index is 4510. The second-order valence-corrected chi connectivity index (χ2v) is 32.9. The van der Waals surface area contributed by atoms with Crippen LogP contribution < -0.4 is 21.7 Å². The molecule has 120 heavy (non-hydrogen) atoms. The normalized spacial score (nSPS) is 22.6. The SMILES string of the molecule is CC(C)(C)OC(=O)OC(=O)OC(C)(C)C.C[C@@H](OCC1(c2ccccc2)CC(N)(C(=O)O)C1)c1cc(C(F)(F)F)cc(C(F)(F)F)c1.C[C@@H](OCC1(c2ccccc2)CC(NC(=O)OC(C)(C)C)(C(=O)O)C1)c1cc(C(F)(F)F)cc(C(F)(F)F)c1.C[C@@H](OCC1(c2ccccc2)CC2(C1)NC(=O)NC2=O)c1cc(C(F)(F)F)cc(C(F)(F)F)c1. The van der Waals surface area contributed by atoms with E-state index < -0.39 is 181 Å². The first-order valence-corrected chi connectivity index (χ1v) is 36.6. The molecule has 1 spiro atoms. The number of carbonyl (C=O) groups is 7. The Morgan fingerprint density at radius 1 is 0.408 bits per heavy atom. The van der Waals surface area contributed by atoms with E-state index in [2.05, 4.69) is 20.7 Å². The van der Waals surface area contributed by atoms with E-state index in [1.807, 2.05) is 0 Å². The number of nitrogens with one attached hydrogen (secondary N) is 3. The van der Waals surface area contributed by atoms with Gasteiger partial charge in [-0.2, -0.15) is 79.0 Å². The molecule has 6 aromatic rings. The number of halogens is 18. The lowest BCUT2D eigenvalue weighted by molar-refractivity contribution is -0.155. The molecule has 3 aliphatic carbocycles. The van der Waals surface area contributed by atoms with Gasteiger partial charge in [0.2, 0.25) is 0 Å². The Labute approximate surface area is 676 Å². The molecule has 7 N–H and O–H groups in total. The molecule has 4 aliphatic rings. The fourth-order valence-corrected chi connectivity index (χ4v) is 14.0. The summed E-state index contributed by atoms with van der Waals surface area (Å²) in [5.41, 5.74) is -10.6. The maximum Gasteiger partial charge on any atom is 0.519 e. The van der Waals surface area contributed by atoms with Crippen LogP contribution in [0, 0.1) is 0 Å². The van der Waals surface area contributed by atoms with E-state index in [-0.39, 0.29) is 93.2 Å². The van der Waals surface area contributed by atoms with E-state index in [0.29, 0.717) is 42.0 Å². The van der Waals surface area contributed by atoms with E-state index in [9.17, 15) is 123 Å². The van der Waals surface area contributed by atoms with Crippen LogP contribution in [0.15, 0.2) is 146 Å². The average Bonchev–Trinajstić information content (AvgIpc) is 1.37. The smallest absolute Gasteiger partial charge is 0.480 e. The van der Waals surface area contributed by atoms with Crippen molar-refractivity contribution in [1.29, 1.82) is 0 Å². The molecule has 4 amide bonds. The van der Waals surface area contributed by atoms with Crippen LogP contribution in [-0.2, 0) is 101 Å². The molecule has 0 unspecified atom stereocenters. The topological polar surface area (TPSA) is 287 Å². The molecule has 10 rings (SSSR count). The molecule has 0 bridgehead atoms. The molecular formula is C82H88F18N4O16. The van der Waals surface area contributed by atoms with Crippen LogP contribution in [0.2, 0.25) is 0 Å². The van der Waals surface area contributed by atoms with Crippen molar-refractivity contribution in [2.75, 3.05) is 19.8 Å². The minimum Gasteiger partial charge on any atom is -0.480 e. The minimum atomic E-state index is -5.01. The standard InChI is InChI=1S/C27H29F6NO5.C23H20F6N2O3.C22H21F6NO3.C10H18O5/c1-16(17-10-19(26(28,29)30)12-20(11-17)27(31,32)33)38-15-24(18-8-6-5-7-9-18)13-25(14-24,21(35)36)34-22(37)39-23(2,3)4;1-13(14-7-16(22(24,25)26)9-17(8-14)23(27,28)29)34-12-20(15-5-3-2-4-6-15)10-21(11-20)18(32)30-19(33)31-21;1-13(14-7-16(21(23,24)25)9-17(8-14)22(26,27)28)32-12-19(15-5-3-2-4-6-15)10-20(29,11-19)18(30)31;1-9(2,3)14-7(11)13-8(12)15-10(4,5)6/h5-12,16H,13-15H2,1-4H3,(H,34,37)(H,35,36);2-9,13H,10-12H2,1H3,(H2,30,31,32,33);2-9,13H,10-12,29H2,1H3,(H,30,31);1-6H3/t16-,24?,25?;13-,20?,21?;13-,19?,20?;/m111./s1. The summed E-state index contributed by atoms with van der Waals surface area (Å²) in [7, 11) is 0. The number of benzene rings is 6. The number of nitrogens with two attached hydrogens (primary N) is 1. The first kappa shape index (κ1) is 96.9. The van der Waals surface area contributed by atoms with Crippen molar-refractivity contribution in [3.05, 3.63) is 212 Å². The van der Waals surface area contributed by atoms with Crippen LogP contribution in [0.1, 0.15) is 207 Å². The van der Waals surface area contributed by atoms with Crippen molar-refractivity contribution in [2.24, 2.45) is 5.73 Å². The number of hydrogen-bond donors (Lipinski definition) is 6. The number of ether oxygens (including phenoxy) is 7. The summed E-state index contributed by atoms with van der Waals surface area (Å²) in [6.45, 7) is 18.4. The fourth-order valence-electron chi connectivity index (χ4n) is 14.0. The molecule has 1 saturated heterocycles. The van der Waals surface area contributed by atoms with Crippen LogP contribution >= 0.6 is 0 Å². The van der Waals surface area contributed by atoms with Crippen LogP contribution in [0.4, 0.5) is 98.2 Å². The van der Waals surface area contributed by atoms with Gasteiger partial charge in [0, 0.05) is 16.2 Å². The average molecular weight is 1730 g/mol. The second kappa shape index (κ2) is 35.5. The summed E-state index contributed by atoms with van der Waals surface area (Å²) in [4.78, 5) is 82.0. The van der Waals surface area contributed by atoms with Crippen molar-refractivity contribution in [2.45, 2.75) is 227 Å². The molecule has 4 fully saturated rings. The number of alkyl halides is 18. The van der Waals surface area contributed by atoms with E-state index in [4.69, 9.17) is 34.2 Å². The van der Waals surface area contributed by atoms with Gasteiger partial charge in [0.05, 0.1) is 71.5 Å². The Morgan fingerprint density at radius 3 is 0.908 bits per heavy atom. The van der Waals surface area contributed by atoms with Crippen LogP contribution in [0.25, 0.3) is 0 Å². The van der Waals surface area contributed by atoms with Gasteiger partial charge in [-0.3, -0.25) is 14.9 Å². The number of hydrogen-bond acceptors (Lipinski definition) is 15. The predicted octanol–water partition coefficient (Wildman–Crippen LogP) is 20.2. The molecule has 658 valence electrons. The van der Waals surface area contributed by atoms with Crippen LogP contribution in [0.3, 0.4) is 0 Å². The van der Waals surface area contributed by atoms with Gasteiger partial charge in [-0.1, -0.05) is 91.0 Å². The number of carboxylic acid groups (broad SMARTS) is 2. The van der Waals surface area contributed by atoms with E-state index in [1.165, 1.54) is 20.8 Å². The molecule has 3 atom stereocenters. The highest BCUT2D eigenvalue weighted by Crippen LogP contribution is 2.55. The highest BCUT2D eigenvalue weighted by Gasteiger charge is 2.65. The summed E-state index contributed by atoms with van der Waals surface area (Å²) in [6.07, 6.45) is -36.3. The quantitative estimate of drug-likeness (QED) is 0.0153. The van der Waals surface area contributed by atoms with Gasteiger partial charge in [-0.05, 0) is 210 Å². The van der Waals surface area contributed by atoms with E-state index >= 15 is 0 Å². The molecule has 0 radical (unpaired) electrons. The Hall–Kier alpha value is -10.2. The van der Waals surface area contributed by atoms with Gasteiger partial charge >= 0.3 is 73.4 Å². The number of alkyl carbamates (subject to hydrolysis) is 1. The zero-order valence-electron chi connectivity index (χ0n) is 66.4. The maximum absolute atomic E-state index is 13.3. The van der Waals surface area contributed by atoms with Gasteiger partial charge in [0.1, 0.15) is 33.4 Å². The van der Waals surface area contributed by atoms with Crippen molar-refractivity contribution in [3.63, 3.8) is 0 Å². The number of carbonyl (C=O) groups excluding carboxylic acids is 5. The summed E-state index contributed by atoms with van der Waals surface area (Å²) >= 11 is 0. The number of aliphatic carboxylic acids is 2. The molecule has 3 saturated carbocycles. The lowest BCUT2D eigenvalue weighted by Crippen LogP contribution is -2.69. The molecule has 1 heterocycles. The number of urea groups is 1. The van der Waals surface area contributed by atoms with Gasteiger partial charge < -0.3 is 59.7 Å². The Kier molecular flexibility index (Phi) is 28.6. The molecular weight excluding hydrogens is 1640 g/mol. The third kappa shape index (κ3) is 25.2. The van der Waals surface area contributed by atoms with E-state index in [1.54, 1.807) is 153 Å². The molecule has 6 aromatic carbocycles. The first-order valence-electron chi connectivity index (χ1n) is 36.6. The van der Waals surface area contributed by atoms with Crippen molar-refractivity contribution < 1.29 is 156 Å². The zero-order valence-corrected chi connectivity index (χ0v) is 66.4. The van der Waals surface area contributed by atoms with Crippen LogP contribution in [0.5, 0.6) is 0 Å². The second-order valence-electron chi connectivity index (χ2n) is 32.9. The number of imide groups is 1. The van der Waals surface area contributed by atoms with Crippen LogP contribution in [-0.4, -0.2) is 106 Å². The van der Waals surface area contributed by atoms with Gasteiger partial charge in [-0.15, -0.1) is 0 Å². The van der Waals surface area contributed by atoms with Crippen molar-refractivity contribution >= 4 is 42.3 Å². The Balaban J connectivity index is 0.000000229. The van der Waals surface area contributed by atoms with Gasteiger partial charge in [0.15, 0.2) is 0 Å². The van der Waals surface area contributed by atoms with Crippen molar-refractivity contribution in [3.8, 4) is 0 Å². The summed E-state index contributed by atoms with van der Waals surface area (Å²) in [5.74, 6) is -2.99. The largest absolute Gasteiger partial charge is 0.519 e. The monoisotopic (exact) mass is 1730 g/mol. The molecule has 0 aromatic heterocycles. The van der Waals surface area contributed by atoms with Gasteiger partial charge in [-0.25, -0.2) is 24.0 Å². The lowest BCUT2D eigenvalue weighted by atomic mass is 9.54. The van der Waals surface area contributed by atoms with Crippen molar-refractivity contribution in [1.82, 2.24) is 16.0 Å².